The van der Waals surface area contributed by atoms with Gasteiger partial charge in [-0.3, -0.25) is 4.79 Å². The number of carbonyl (C=O) groups is 1. The van der Waals surface area contributed by atoms with Gasteiger partial charge in [-0.1, -0.05) is 0 Å². The van der Waals surface area contributed by atoms with Crippen molar-refractivity contribution in [2.45, 2.75) is 32.2 Å². The van der Waals surface area contributed by atoms with Gasteiger partial charge in [-0.15, -0.1) is 11.6 Å². The third-order valence-corrected chi connectivity index (χ3v) is 3.05. The number of amides is 1. The van der Waals surface area contributed by atoms with E-state index in [0.29, 0.717) is 19.0 Å². The van der Waals surface area contributed by atoms with Gasteiger partial charge >= 0.3 is 0 Å². The maximum absolute atomic E-state index is 11.5. The van der Waals surface area contributed by atoms with E-state index < -0.39 is 0 Å². The molecule has 5 heteroatoms. The molecule has 0 aromatic carbocycles. The number of hydrogen-bond donors (Lipinski definition) is 1. The summed E-state index contributed by atoms with van der Waals surface area (Å²) < 4.78 is 0. The quantitative estimate of drug-likeness (QED) is 0.801. The highest BCUT2D eigenvalue weighted by atomic mass is 35.5. The molecular weight excluding hydrogens is 226 g/mol. The summed E-state index contributed by atoms with van der Waals surface area (Å²) in [6, 6.07) is 0. The van der Waals surface area contributed by atoms with Crippen LogP contribution in [0.1, 0.15) is 37.2 Å². The van der Waals surface area contributed by atoms with Crippen LogP contribution in [0.4, 0.5) is 0 Å². The molecule has 1 fully saturated rings. The van der Waals surface area contributed by atoms with Gasteiger partial charge in [-0.2, -0.15) is 0 Å². The Bertz CT molecular complexity index is 373. The van der Waals surface area contributed by atoms with E-state index in [9.17, 15) is 4.79 Å². The van der Waals surface area contributed by atoms with Crippen LogP contribution in [-0.4, -0.2) is 33.2 Å². The minimum atomic E-state index is -0.0354. The Balaban J connectivity index is 1.97. The van der Waals surface area contributed by atoms with Crippen LogP contribution in [0.25, 0.3) is 0 Å². The monoisotopic (exact) mass is 241 g/mol. The minimum Gasteiger partial charge on any atom is -0.344 e. The van der Waals surface area contributed by atoms with Gasteiger partial charge in [-0.25, -0.2) is 4.98 Å². The molecule has 0 atom stereocenters. The molecule has 1 amide bonds. The number of aromatic amines is 1. The number of rotatable bonds is 5. The summed E-state index contributed by atoms with van der Waals surface area (Å²) in [4.78, 5) is 20.8. The van der Waals surface area contributed by atoms with Gasteiger partial charge in [0, 0.05) is 12.5 Å². The van der Waals surface area contributed by atoms with Crippen LogP contribution in [-0.2, 0) is 11.3 Å². The molecule has 88 valence electrons. The van der Waals surface area contributed by atoms with Gasteiger partial charge in [0.15, 0.2) is 0 Å². The summed E-state index contributed by atoms with van der Waals surface area (Å²) in [6.07, 6.45) is 4.27. The van der Waals surface area contributed by atoms with E-state index in [1.54, 1.807) is 4.90 Å². The molecule has 16 heavy (non-hydrogen) atoms. The first-order chi connectivity index (χ1) is 7.74. The molecule has 1 aromatic heterocycles. The first-order valence-electron chi connectivity index (χ1n) is 5.62. The lowest BCUT2D eigenvalue weighted by Crippen LogP contribution is -2.31. The Kier molecular flexibility index (Phi) is 3.49. The van der Waals surface area contributed by atoms with Gasteiger partial charge in [0.05, 0.1) is 18.4 Å². The van der Waals surface area contributed by atoms with E-state index in [4.69, 9.17) is 11.6 Å². The number of carbonyl (C=O) groups excluding carboxylic acids is 1. The SMILES string of the molecule is CCN(Cc1cnc(C2CC2)[nH]1)C(=O)CCl. The summed E-state index contributed by atoms with van der Waals surface area (Å²) in [5.41, 5.74) is 0.988. The van der Waals surface area contributed by atoms with Crippen LogP contribution in [0.3, 0.4) is 0 Å². The summed E-state index contributed by atoms with van der Waals surface area (Å²) in [5.74, 6) is 1.68. The minimum absolute atomic E-state index is 0.0354. The Labute approximate surface area is 100.0 Å². The van der Waals surface area contributed by atoms with Gasteiger partial charge in [0.2, 0.25) is 5.91 Å². The molecule has 4 nitrogen and oxygen atoms in total. The molecule has 1 heterocycles. The third-order valence-electron chi connectivity index (χ3n) is 2.82. The fourth-order valence-electron chi connectivity index (χ4n) is 1.69. The number of aromatic nitrogens is 2. The van der Waals surface area contributed by atoms with Gasteiger partial charge < -0.3 is 9.88 Å². The zero-order valence-corrected chi connectivity index (χ0v) is 10.1. The average molecular weight is 242 g/mol. The van der Waals surface area contributed by atoms with Gasteiger partial charge in [-0.05, 0) is 19.8 Å². The first-order valence-corrected chi connectivity index (χ1v) is 6.15. The molecule has 1 N–H and O–H groups in total. The highest BCUT2D eigenvalue weighted by Gasteiger charge is 2.26. The topological polar surface area (TPSA) is 49.0 Å². The molecule has 0 aliphatic heterocycles. The molecule has 1 aliphatic carbocycles. The zero-order chi connectivity index (χ0) is 11.5. The number of alkyl halides is 1. The summed E-state index contributed by atoms with van der Waals surface area (Å²) in [6.45, 7) is 3.19. The molecule has 0 saturated heterocycles. The Morgan fingerprint density at radius 2 is 2.44 bits per heavy atom. The number of hydrogen-bond acceptors (Lipinski definition) is 2. The van der Waals surface area contributed by atoms with Crippen molar-refractivity contribution < 1.29 is 4.79 Å². The van der Waals surface area contributed by atoms with Crippen molar-refractivity contribution in [3.8, 4) is 0 Å². The van der Waals surface area contributed by atoms with E-state index in [-0.39, 0.29) is 11.8 Å². The molecular formula is C11H16ClN3O. The largest absolute Gasteiger partial charge is 0.344 e. The second-order valence-corrected chi connectivity index (χ2v) is 4.38. The lowest BCUT2D eigenvalue weighted by atomic mass is 10.4. The van der Waals surface area contributed by atoms with Crippen LogP contribution < -0.4 is 0 Å². The summed E-state index contributed by atoms with van der Waals surface area (Å²) in [7, 11) is 0. The van der Waals surface area contributed by atoms with Crippen molar-refractivity contribution in [2.75, 3.05) is 12.4 Å². The number of H-pyrrole nitrogens is 1. The van der Waals surface area contributed by atoms with Crippen molar-refractivity contribution >= 4 is 17.5 Å². The standard InChI is InChI=1S/C11H16ClN3O/c1-2-15(10(16)5-12)7-9-6-13-11(14-9)8-3-4-8/h6,8H,2-5,7H2,1H3,(H,13,14). The molecule has 1 aliphatic rings. The fourth-order valence-corrected chi connectivity index (χ4v) is 1.86. The zero-order valence-electron chi connectivity index (χ0n) is 9.37. The molecule has 0 spiro atoms. The number of nitrogens with zero attached hydrogens (tertiary/aromatic N) is 2. The Morgan fingerprint density at radius 1 is 1.69 bits per heavy atom. The van der Waals surface area contributed by atoms with E-state index in [1.807, 2.05) is 13.1 Å². The predicted molar refractivity (Wildman–Crippen MR) is 62.4 cm³/mol. The average Bonchev–Trinajstić information content (AvgIpc) is 3.05. The molecule has 1 saturated carbocycles. The maximum Gasteiger partial charge on any atom is 0.237 e. The van der Waals surface area contributed by atoms with Crippen LogP contribution in [0, 0.1) is 0 Å². The highest BCUT2D eigenvalue weighted by molar-refractivity contribution is 6.27. The van der Waals surface area contributed by atoms with Gasteiger partial charge in [0.25, 0.3) is 0 Å². The second-order valence-electron chi connectivity index (χ2n) is 4.11. The van der Waals surface area contributed by atoms with Crippen LogP contribution >= 0.6 is 11.6 Å². The highest BCUT2D eigenvalue weighted by Crippen LogP contribution is 2.38. The van der Waals surface area contributed by atoms with Gasteiger partial charge in [0.1, 0.15) is 11.7 Å². The smallest absolute Gasteiger partial charge is 0.237 e. The van der Waals surface area contributed by atoms with E-state index >= 15 is 0 Å². The summed E-state index contributed by atoms with van der Waals surface area (Å²) in [5, 5.41) is 0. The van der Waals surface area contributed by atoms with E-state index in [0.717, 1.165) is 11.5 Å². The van der Waals surface area contributed by atoms with Crippen LogP contribution in [0.2, 0.25) is 0 Å². The van der Waals surface area contributed by atoms with Crippen molar-refractivity contribution in [3.05, 3.63) is 17.7 Å². The van der Waals surface area contributed by atoms with Crippen molar-refractivity contribution in [2.24, 2.45) is 0 Å². The second kappa shape index (κ2) is 4.87. The lowest BCUT2D eigenvalue weighted by Gasteiger charge is -2.18. The predicted octanol–water partition coefficient (Wildman–Crippen LogP) is 1.87. The molecule has 1 aromatic rings. The van der Waals surface area contributed by atoms with Crippen molar-refractivity contribution in [1.29, 1.82) is 0 Å². The normalized spacial score (nSPS) is 15.1. The Morgan fingerprint density at radius 3 is 3.00 bits per heavy atom. The number of nitrogens with one attached hydrogen (secondary N) is 1. The van der Waals surface area contributed by atoms with Crippen LogP contribution in [0.15, 0.2) is 6.20 Å². The number of halogens is 1. The molecule has 0 bridgehead atoms. The molecule has 0 radical (unpaired) electrons. The van der Waals surface area contributed by atoms with E-state index in [2.05, 4.69) is 9.97 Å². The lowest BCUT2D eigenvalue weighted by molar-refractivity contribution is -0.128. The first kappa shape index (κ1) is 11.5. The molecule has 2 rings (SSSR count). The Hall–Kier alpha value is -1.03. The van der Waals surface area contributed by atoms with E-state index in [1.165, 1.54) is 12.8 Å². The van der Waals surface area contributed by atoms with Crippen molar-refractivity contribution in [1.82, 2.24) is 14.9 Å². The third kappa shape index (κ3) is 2.55. The maximum atomic E-state index is 11.5. The van der Waals surface area contributed by atoms with Crippen LogP contribution in [0.5, 0.6) is 0 Å². The molecule has 0 unspecified atom stereocenters. The summed E-state index contributed by atoms with van der Waals surface area (Å²) >= 11 is 5.54. The fraction of sp³-hybridized carbons (Fsp3) is 0.636. The van der Waals surface area contributed by atoms with Crippen molar-refractivity contribution in [3.63, 3.8) is 0 Å². The number of imidazole rings is 1.